The molecule has 0 radical (unpaired) electrons. The molecule has 21 heavy (non-hydrogen) atoms. The first-order valence-electron chi connectivity index (χ1n) is 6.96. The van der Waals surface area contributed by atoms with Gasteiger partial charge in [0.25, 0.3) is 0 Å². The fourth-order valence-electron chi connectivity index (χ4n) is 1.80. The van der Waals surface area contributed by atoms with E-state index in [0.717, 1.165) is 17.1 Å². The van der Waals surface area contributed by atoms with Gasteiger partial charge in [-0.05, 0) is 45.0 Å². The summed E-state index contributed by atoms with van der Waals surface area (Å²) in [5.41, 5.74) is 1.94. The Balaban J connectivity index is 2.05. The second-order valence-corrected chi connectivity index (χ2v) is 5.98. The third-order valence-corrected chi connectivity index (χ3v) is 3.09. The van der Waals surface area contributed by atoms with Crippen LogP contribution in [0.4, 0.5) is 11.7 Å². The number of methoxy groups -OCH3 is 1. The maximum atomic E-state index is 5.55. The van der Waals surface area contributed by atoms with Crippen LogP contribution in [0, 0.1) is 0 Å². The number of anilines is 2. The van der Waals surface area contributed by atoms with Crippen LogP contribution in [-0.4, -0.2) is 24.7 Å². The zero-order valence-corrected chi connectivity index (χ0v) is 13.3. The molecule has 0 spiro atoms. The van der Waals surface area contributed by atoms with Gasteiger partial charge >= 0.3 is 6.01 Å². The number of nitrogens with one attached hydrogen (secondary N) is 1. The highest BCUT2D eigenvalue weighted by atomic mass is 16.5. The molecule has 0 saturated heterocycles. The molecule has 1 aromatic carbocycles. The summed E-state index contributed by atoms with van der Waals surface area (Å²) in [6.45, 7) is 7.05. The third kappa shape index (κ3) is 4.23. The van der Waals surface area contributed by atoms with Gasteiger partial charge in [-0.15, -0.1) is 0 Å². The van der Waals surface area contributed by atoms with E-state index in [1.54, 1.807) is 13.4 Å². The van der Waals surface area contributed by atoms with Gasteiger partial charge in [0, 0.05) is 24.8 Å². The van der Waals surface area contributed by atoms with Gasteiger partial charge in [0.15, 0.2) is 0 Å². The number of ether oxygens (including phenoxy) is 1. The van der Waals surface area contributed by atoms with Gasteiger partial charge in [0.2, 0.25) is 0 Å². The molecule has 0 aliphatic heterocycles. The summed E-state index contributed by atoms with van der Waals surface area (Å²) in [6.07, 6.45) is 1.69. The van der Waals surface area contributed by atoms with E-state index in [1.807, 2.05) is 36.2 Å². The van der Waals surface area contributed by atoms with Crippen molar-refractivity contribution < 1.29 is 9.15 Å². The molecule has 114 valence electrons. The van der Waals surface area contributed by atoms with E-state index in [1.165, 1.54) is 0 Å². The van der Waals surface area contributed by atoms with Crippen molar-refractivity contribution in [3.05, 3.63) is 36.2 Å². The minimum Gasteiger partial charge on any atom is -0.497 e. The molecule has 2 rings (SSSR count). The van der Waals surface area contributed by atoms with Crippen LogP contribution < -0.4 is 15.0 Å². The molecule has 0 saturated carbocycles. The third-order valence-electron chi connectivity index (χ3n) is 3.09. The normalized spacial score (nSPS) is 11.5. The van der Waals surface area contributed by atoms with Crippen molar-refractivity contribution in [2.75, 3.05) is 19.1 Å². The molecule has 0 bridgehead atoms. The Bertz CT molecular complexity index is 570. The van der Waals surface area contributed by atoms with Crippen molar-refractivity contribution in [2.45, 2.75) is 32.9 Å². The van der Waals surface area contributed by atoms with Crippen molar-refractivity contribution in [3.8, 4) is 5.75 Å². The number of nitrogens with zero attached hydrogens (tertiary/aromatic N) is 2. The monoisotopic (exact) mass is 289 g/mol. The van der Waals surface area contributed by atoms with Crippen LogP contribution in [0.25, 0.3) is 0 Å². The Morgan fingerprint density at radius 2 is 1.90 bits per heavy atom. The van der Waals surface area contributed by atoms with E-state index in [9.17, 15) is 0 Å². The average molecular weight is 289 g/mol. The van der Waals surface area contributed by atoms with E-state index >= 15 is 0 Å². The number of hydrogen-bond donors (Lipinski definition) is 1. The standard InChI is InChI=1S/C16H23N3O2/c1-16(2,3)17-10-12-11-21-15(18-12)19(4)13-6-8-14(20-5)9-7-13/h6-9,11,17H,10H2,1-5H3. The number of benzene rings is 1. The summed E-state index contributed by atoms with van der Waals surface area (Å²) in [5.74, 6) is 0.828. The molecule has 0 aliphatic carbocycles. The van der Waals surface area contributed by atoms with E-state index in [0.29, 0.717) is 12.6 Å². The van der Waals surface area contributed by atoms with Crippen molar-refractivity contribution in [1.29, 1.82) is 0 Å². The summed E-state index contributed by atoms with van der Waals surface area (Å²) in [4.78, 5) is 6.40. The number of hydrogen-bond acceptors (Lipinski definition) is 5. The first kappa shape index (κ1) is 15.4. The van der Waals surface area contributed by atoms with Crippen molar-refractivity contribution in [2.24, 2.45) is 0 Å². The van der Waals surface area contributed by atoms with Crippen LogP contribution in [0.3, 0.4) is 0 Å². The van der Waals surface area contributed by atoms with E-state index < -0.39 is 0 Å². The smallest absolute Gasteiger partial charge is 0.301 e. The molecule has 0 aliphatic rings. The van der Waals surface area contributed by atoms with Crippen LogP contribution in [0.5, 0.6) is 5.75 Å². The van der Waals surface area contributed by atoms with Gasteiger partial charge in [-0.3, -0.25) is 4.90 Å². The second-order valence-electron chi connectivity index (χ2n) is 5.98. The van der Waals surface area contributed by atoms with Crippen LogP contribution in [0.2, 0.25) is 0 Å². The van der Waals surface area contributed by atoms with Gasteiger partial charge in [0.1, 0.15) is 12.0 Å². The quantitative estimate of drug-likeness (QED) is 0.915. The molecule has 0 fully saturated rings. The molecule has 0 unspecified atom stereocenters. The molecule has 1 heterocycles. The molecule has 0 amide bonds. The van der Waals surface area contributed by atoms with Gasteiger partial charge in [-0.2, -0.15) is 4.98 Å². The minimum atomic E-state index is 0.0565. The first-order valence-corrected chi connectivity index (χ1v) is 6.96. The lowest BCUT2D eigenvalue weighted by Gasteiger charge is -2.19. The molecule has 1 N–H and O–H groups in total. The SMILES string of the molecule is COc1ccc(N(C)c2nc(CNC(C)(C)C)co2)cc1. The zero-order chi connectivity index (χ0) is 15.5. The highest BCUT2D eigenvalue weighted by Crippen LogP contribution is 2.24. The zero-order valence-electron chi connectivity index (χ0n) is 13.3. The van der Waals surface area contributed by atoms with Crippen LogP contribution >= 0.6 is 0 Å². The van der Waals surface area contributed by atoms with Gasteiger partial charge < -0.3 is 14.5 Å². The summed E-state index contributed by atoms with van der Waals surface area (Å²) >= 11 is 0. The van der Waals surface area contributed by atoms with E-state index in [-0.39, 0.29) is 5.54 Å². The van der Waals surface area contributed by atoms with Gasteiger partial charge in [-0.1, -0.05) is 0 Å². The first-order chi connectivity index (χ1) is 9.89. The van der Waals surface area contributed by atoms with E-state index in [2.05, 4.69) is 31.1 Å². The lowest BCUT2D eigenvalue weighted by atomic mass is 10.1. The Morgan fingerprint density at radius 1 is 1.24 bits per heavy atom. The Morgan fingerprint density at radius 3 is 2.48 bits per heavy atom. The fraction of sp³-hybridized carbons (Fsp3) is 0.438. The summed E-state index contributed by atoms with van der Waals surface area (Å²) in [5, 5.41) is 3.39. The number of rotatable bonds is 5. The van der Waals surface area contributed by atoms with Crippen LogP contribution in [-0.2, 0) is 6.54 Å². The molecule has 5 heteroatoms. The fourth-order valence-corrected chi connectivity index (χ4v) is 1.80. The summed E-state index contributed by atoms with van der Waals surface area (Å²) in [6, 6.07) is 8.34. The Kier molecular flexibility index (Phi) is 4.53. The highest BCUT2D eigenvalue weighted by Gasteiger charge is 2.13. The largest absolute Gasteiger partial charge is 0.497 e. The average Bonchev–Trinajstić information content (AvgIpc) is 2.93. The summed E-state index contributed by atoms with van der Waals surface area (Å²) < 4.78 is 10.7. The predicted molar refractivity (Wildman–Crippen MR) is 84.2 cm³/mol. The second kappa shape index (κ2) is 6.18. The molecular formula is C16H23N3O2. The lowest BCUT2D eigenvalue weighted by Crippen LogP contribution is -2.35. The molecule has 2 aromatic rings. The highest BCUT2D eigenvalue weighted by molar-refractivity contribution is 5.56. The van der Waals surface area contributed by atoms with Crippen LogP contribution in [0.15, 0.2) is 34.9 Å². The Hall–Kier alpha value is -2.01. The Labute approximate surface area is 125 Å². The topological polar surface area (TPSA) is 50.5 Å². The molecule has 0 atom stereocenters. The van der Waals surface area contributed by atoms with Gasteiger partial charge in [0.05, 0.1) is 12.8 Å². The molecule has 5 nitrogen and oxygen atoms in total. The summed E-state index contributed by atoms with van der Waals surface area (Å²) in [7, 11) is 3.58. The predicted octanol–water partition coefficient (Wildman–Crippen LogP) is 3.34. The van der Waals surface area contributed by atoms with Crippen molar-refractivity contribution in [3.63, 3.8) is 0 Å². The molecular weight excluding hydrogens is 266 g/mol. The minimum absolute atomic E-state index is 0.0565. The van der Waals surface area contributed by atoms with Crippen molar-refractivity contribution in [1.82, 2.24) is 10.3 Å². The molecule has 1 aromatic heterocycles. The van der Waals surface area contributed by atoms with Crippen LogP contribution in [0.1, 0.15) is 26.5 Å². The number of aromatic nitrogens is 1. The van der Waals surface area contributed by atoms with Crippen molar-refractivity contribution >= 4 is 11.7 Å². The van der Waals surface area contributed by atoms with E-state index in [4.69, 9.17) is 9.15 Å². The number of oxazole rings is 1. The lowest BCUT2D eigenvalue weighted by molar-refractivity contribution is 0.415. The van der Waals surface area contributed by atoms with Gasteiger partial charge in [-0.25, -0.2) is 0 Å². The maximum Gasteiger partial charge on any atom is 0.301 e. The maximum absolute atomic E-state index is 5.55.